The number of benzene rings is 1. The molecule has 0 spiro atoms. The van der Waals surface area contributed by atoms with Crippen molar-refractivity contribution in [2.75, 3.05) is 13.2 Å². The van der Waals surface area contributed by atoms with Gasteiger partial charge in [0.25, 0.3) is 0 Å². The van der Waals surface area contributed by atoms with Crippen LogP contribution in [0.2, 0.25) is 0 Å². The topological polar surface area (TPSA) is 57.2 Å². The van der Waals surface area contributed by atoms with E-state index in [4.69, 9.17) is 18.9 Å². The lowest BCUT2D eigenvalue weighted by Crippen LogP contribution is -2.46. The zero-order chi connectivity index (χ0) is 21.5. The van der Waals surface area contributed by atoms with Crippen LogP contribution >= 0.6 is 0 Å². The summed E-state index contributed by atoms with van der Waals surface area (Å²) in [6.45, 7) is 9.51. The van der Waals surface area contributed by atoms with E-state index >= 15 is 0 Å². The van der Waals surface area contributed by atoms with Gasteiger partial charge in [-0.2, -0.15) is 0 Å². The van der Waals surface area contributed by atoms with Gasteiger partial charge in [0.05, 0.1) is 19.3 Å². The first-order valence-electron chi connectivity index (χ1n) is 11.0. The van der Waals surface area contributed by atoms with E-state index in [0.29, 0.717) is 13.2 Å². The van der Waals surface area contributed by atoms with Gasteiger partial charge in [-0.1, -0.05) is 36.4 Å². The number of fused-ring (bicyclic) bond motifs is 1. The predicted molar refractivity (Wildman–Crippen MR) is 115 cm³/mol. The summed E-state index contributed by atoms with van der Waals surface area (Å²) in [6, 6.07) is 10.1. The fraction of sp³-hybridized carbons (Fsp3) is 0.625. The molecule has 0 unspecified atom stereocenters. The summed E-state index contributed by atoms with van der Waals surface area (Å²) >= 11 is 0. The highest BCUT2D eigenvalue weighted by molar-refractivity contribution is 5.68. The van der Waals surface area contributed by atoms with Crippen LogP contribution in [0.1, 0.15) is 46.1 Å². The summed E-state index contributed by atoms with van der Waals surface area (Å²) in [5.74, 6) is 0. The van der Waals surface area contributed by atoms with Crippen molar-refractivity contribution in [1.29, 1.82) is 0 Å². The summed E-state index contributed by atoms with van der Waals surface area (Å²) in [4.78, 5) is 14.6. The molecule has 2 aliphatic heterocycles. The van der Waals surface area contributed by atoms with Gasteiger partial charge in [-0.15, -0.1) is 0 Å². The molecule has 1 aromatic carbocycles. The molecule has 2 heterocycles. The first kappa shape index (κ1) is 22.8. The van der Waals surface area contributed by atoms with Gasteiger partial charge >= 0.3 is 6.09 Å². The van der Waals surface area contributed by atoms with Gasteiger partial charge in [0.15, 0.2) is 6.10 Å². The van der Waals surface area contributed by atoms with E-state index in [1.54, 1.807) is 4.90 Å². The zero-order valence-electron chi connectivity index (χ0n) is 18.5. The number of ether oxygens (including phenoxy) is 4. The van der Waals surface area contributed by atoms with Crippen molar-refractivity contribution < 1.29 is 23.7 Å². The monoisotopic (exact) mass is 417 g/mol. The van der Waals surface area contributed by atoms with Crippen molar-refractivity contribution in [2.45, 2.75) is 83.6 Å². The molecular weight excluding hydrogens is 382 g/mol. The van der Waals surface area contributed by atoms with Crippen LogP contribution in [0.25, 0.3) is 0 Å². The summed E-state index contributed by atoms with van der Waals surface area (Å²) in [5.41, 5.74) is 1.10. The third-order valence-corrected chi connectivity index (χ3v) is 5.47. The molecule has 0 radical (unpaired) electrons. The quantitative estimate of drug-likeness (QED) is 0.618. The van der Waals surface area contributed by atoms with Crippen molar-refractivity contribution in [1.82, 2.24) is 4.90 Å². The lowest BCUT2D eigenvalue weighted by molar-refractivity contribution is -0.147. The maximum absolute atomic E-state index is 12.9. The summed E-state index contributed by atoms with van der Waals surface area (Å²) in [7, 11) is 0. The Hall–Kier alpha value is -1.89. The molecule has 1 aromatic rings. The van der Waals surface area contributed by atoms with E-state index in [2.05, 4.69) is 0 Å². The largest absolute Gasteiger partial charge is 0.439 e. The van der Waals surface area contributed by atoms with Crippen molar-refractivity contribution in [3.63, 3.8) is 0 Å². The minimum Gasteiger partial charge on any atom is -0.439 e. The number of hydrogen-bond donors (Lipinski definition) is 0. The highest BCUT2D eigenvalue weighted by atomic mass is 16.6. The Kier molecular flexibility index (Phi) is 8.31. The summed E-state index contributed by atoms with van der Waals surface area (Å²) in [5, 5.41) is 0. The third kappa shape index (κ3) is 6.06. The molecule has 2 aliphatic rings. The van der Waals surface area contributed by atoms with Gasteiger partial charge in [0.1, 0.15) is 12.2 Å². The Bertz CT molecular complexity index is 682. The first-order chi connectivity index (χ1) is 14.5. The second kappa shape index (κ2) is 10.9. The Labute approximate surface area is 180 Å². The molecule has 1 fully saturated rings. The van der Waals surface area contributed by atoms with Crippen LogP contribution in [0.5, 0.6) is 0 Å². The van der Waals surface area contributed by atoms with Crippen molar-refractivity contribution >= 4 is 6.09 Å². The highest BCUT2D eigenvalue weighted by Crippen LogP contribution is 2.26. The molecule has 1 saturated heterocycles. The second-order valence-corrected chi connectivity index (χ2v) is 8.52. The standard InChI is InChI=1S/C24H35NO5/c1-17(2)25(18(3)4)24(26)30-22-13-12-20-21(11-8-14-28-20)29-23(22)16-27-15-19-9-6-5-7-10-19/h5-7,9-10,12-13,17-18,20-23H,8,11,14-16H2,1-4H3/t20-,21+,22+,23-/m1/s1. The zero-order valence-corrected chi connectivity index (χ0v) is 18.5. The number of amides is 1. The van der Waals surface area contributed by atoms with Crippen LogP contribution in [0.3, 0.4) is 0 Å². The average molecular weight is 418 g/mol. The summed E-state index contributed by atoms with van der Waals surface area (Å²) in [6.07, 6.45) is 4.38. The van der Waals surface area contributed by atoms with Crippen molar-refractivity contribution in [3.8, 4) is 0 Å². The third-order valence-electron chi connectivity index (χ3n) is 5.47. The molecule has 3 rings (SSSR count). The molecule has 6 nitrogen and oxygen atoms in total. The average Bonchev–Trinajstić information content (AvgIpc) is 2.88. The lowest BCUT2D eigenvalue weighted by atomic mass is 10.1. The van der Waals surface area contributed by atoms with Crippen LogP contribution in [0.15, 0.2) is 42.5 Å². The lowest BCUT2D eigenvalue weighted by Gasteiger charge is -2.34. The molecule has 0 aliphatic carbocycles. The highest BCUT2D eigenvalue weighted by Gasteiger charge is 2.36. The van der Waals surface area contributed by atoms with E-state index in [0.717, 1.165) is 25.0 Å². The van der Waals surface area contributed by atoms with Crippen LogP contribution in [-0.2, 0) is 25.6 Å². The van der Waals surface area contributed by atoms with Crippen LogP contribution in [0, 0.1) is 0 Å². The maximum Gasteiger partial charge on any atom is 0.410 e. The van der Waals surface area contributed by atoms with Gasteiger partial charge in [0, 0.05) is 18.7 Å². The van der Waals surface area contributed by atoms with Gasteiger partial charge in [-0.05, 0) is 52.2 Å². The van der Waals surface area contributed by atoms with Crippen LogP contribution < -0.4 is 0 Å². The van der Waals surface area contributed by atoms with Gasteiger partial charge < -0.3 is 23.8 Å². The van der Waals surface area contributed by atoms with E-state index in [1.807, 2.05) is 70.2 Å². The van der Waals surface area contributed by atoms with E-state index in [-0.39, 0.29) is 36.5 Å². The van der Waals surface area contributed by atoms with Crippen molar-refractivity contribution in [3.05, 3.63) is 48.0 Å². The Balaban J connectivity index is 1.69. The minimum absolute atomic E-state index is 0.0460. The Morgan fingerprint density at radius 2 is 1.87 bits per heavy atom. The molecule has 166 valence electrons. The van der Waals surface area contributed by atoms with Gasteiger partial charge in [-0.3, -0.25) is 0 Å². The molecule has 0 aromatic heterocycles. The number of rotatable bonds is 7. The van der Waals surface area contributed by atoms with E-state index in [9.17, 15) is 4.79 Å². The fourth-order valence-corrected chi connectivity index (χ4v) is 4.06. The minimum atomic E-state index is -0.525. The molecule has 30 heavy (non-hydrogen) atoms. The van der Waals surface area contributed by atoms with E-state index in [1.165, 1.54) is 0 Å². The Morgan fingerprint density at radius 1 is 1.13 bits per heavy atom. The molecule has 0 N–H and O–H groups in total. The molecule has 0 saturated carbocycles. The molecule has 4 atom stereocenters. The number of nitrogens with zero attached hydrogens (tertiary/aromatic N) is 1. The van der Waals surface area contributed by atoms with Crippen molar-refractivity contribution in [2.24, 2.45) is 0 Å². The number of hydrogen-bond acceptors (Lipinski definition) is 5. The first-order valence-corrected chi connectivity index (χ1v) is 11.0. The normalized spacial score (nSPS) is 26.3. The number of carbonyl (C=O) groups is 1. The van der Waals surface area contributed by atoms with Crippen LogP contribution in [-0.4, -0.2) is 60.7 Å². The molecule has 0 bridgehead atoms. The molecular formula is C24H35NO5. The fourth-order valence-electron chi connectivity index (χ4n) is 4.06. The SMILES string of the molecule is CC(C)N(C(=O)O[C@H]1C=C[C@H]2OCCC[C@@H]2O[C@@H]1COCc1ccccc1)C(C)C. The molecule has 1 amide bonds. The predicted octanol–water partition coefficient (Wildman–Crippen LogP) is 4.33. The van der Waals surface area contributed by atoms with Gasteiger partial charge in [0.2, 0.25) is 0 Å². The smallest absolute Gasteiger partial charge is 0.410 e. The number of carbonyl (C=O) groups excluding carboxylic acids is 1. The Morgan fingerprint density at radius 3 is 2.57 bits per heavy atom. The van der Waals surface area contributed by atoms with E-state index < -0.39 is 6.10 Å². The second-order valence-electron chi connectivity index (χ2n) is 8.52. The van der Waals surface area contributed by atoms with Crippen LogP contribution in [0.4, 0.5) is 4.79 Å². The molecule has 6 heteroatoms. The van der Waals surface area contributed by atoms with Gasteiger partial charge in [-0.25, -0.2) is 4.79 Å². The maximum atomic E-state index is 12.9. The summed E-state index contributed by atoms with van der Waals surface area (Å²) < 4.78 is 24.1.